The molecule has 2 unspecified atom stereocenters. The number of nitrogens with one attached hydrogen (secondary N) is 1. The van der Waals surface area contributed by atoms with E-state index in [1.807, 2.05) is 12.1 Å². The van der Waals surface area contributed by atoms with Crippen molar-refractivity contribution in [2.45, 2.75) is 44.3 Å². The number of piperidine rings is 3. The van der Waals surface area contributed by atoms with Gasteiger partial charge in [0.05, 0.1) is 0 Å². The van der Waals surface area contributed by atoms with Crippen LogP contribution in [0, 0.1) is 30.3 Å². The lowest BCUT2D eigenvalue weighted by Crippen LogP contribution is -2.64. The van der Waals surface area contributed by atoms with E-state index in [1.165, 1.54) is 18.1 Å². The monoisotopic (exact) mass is 450 g/mol. The molecule has 0 spiro atoms. The molecule has 0 aromatic heterocycles. The van der Waals surface area contributed by atoms with Gasteiger partial charge in [0.1, 0.15) is 0 Å². The minimum Gasteiger partial charge on any atom is -0.308 e. The molecule has 3 heterocycles. The Morgan fingerprint density at radius 2 is 1.45 bits per heavy atom. The number of hydrogen-bond acceptors (Lipinski definition) is 2. The Balaban J connectivity index is 1.50. The summed E-state index contributed by atoms with van der Waals surface area (Å²) < 4.78 is 41.8. The zero-order valence-electron chi connectivity index (χ0n) is 18.8. The first-order valence-electron chi connectivity index (χ1n) is 11.7. The first-order valence-corrected chi connectivity index (χ1v) is 11.7. The van der Waals surface area contributed by atoms with E-state index in [2.05, 4.69) is 58.7 Å². The van der Waals surface area contributed by atoms with Gasteiger partial charge in [0.2, 0.25) is 0 Å². The second-order valence-corrected chi connectivity index (χ2v) is 9.34. The number of rotatable bonds is 6. The van der Waals surface area contributed by atoms with Crippen LogP contribution in [0.2, 0.25) is 0 Å². The fourth-order valence-electron chi connectivity index (χ4n) is 5.84. The van der Waals surface area contributed by atoms with E-state index < -0.39 is 17.5 Å². The highest BCUT2D eigenvalue weighted by atomic mass is 19.2. The summed E-state index contributed by atoms with van der Waals surface area (Å²) in [6, 6.07) is 22.7. The topological polar surface area (TPSA) is 15.3 Å². The fraction of sp³-hybridized carbons (Fsp3) is 0.357. The molecule has 2 bridgehead atoms. The van der Waals surface area contributed by atoms with Gasteiger partial charge in [0.15, 0.2) is 17.5 Å². The predicted molar refractivity (Wildman–Crippen MR) is 124 cm³/mol. The largest absolute Gasteiger partial charge is 0.308 e. The van der Waals surface area contributed by atoms with Crippen LogP contribution in [-0.2, 0) is 6.54 Å². The third-order valence-electron chi connectivity index (χ3n) is 7.57. The van der Waals surface area contributed by atoms with Crippen LogP contribution in [0.25, 0.3) is 0 Å². The Bertz CT molecular complexity index is 1060. The molecule has 172 valence electrons. The van der Waals surface area contributed by atoms with Crippen molar-refractivity contribution in [2.75, 3.05) is 13.1 Å². The van der Waals surface area contributed by atoms with E-state index >= 15 is 0 Å². The van der Waals surface area contributed by atoms with Crippen molar-refractivity contribution in [2.24, 2.45) is 5.92 Å². The summed E-state index contributed by atoms with van der Waals surface area (Å²) >= 11 is 0. The van der Waals surface area contributed by atoms with Gasteiger partial charge in [-0.2, -0.15) is 0 Å². The molecular formula is C28H29F3N2. The molecule has 2 atom stereocenters. The van der Waals surface area contributed by atoms with Gasteiger partial charge in [-0.25, -0.2) is 13.2 Å². The van der Waals surface area contributed by atoms with Gasteiger partial charge >= 0.3 is 0 Å². The highest BCUT2D eigenvalue weighted by Gasteiger charge is 2.46. The van der Waals surface area contributed by atoms with Gasteiger partial charge in [0, 0.05) is 24.5 Å². The Morgan fingerprint density at radius 3 is 2.03 bits per heavy atom. The van der Waals surface area contributed by atoms with Crippen LogP contribution in [0.5, 0.6) is 0 Å². The van der Waals surface area contributed by atoms with Crippen LogP contribution < -0.4 is 5.32 Å². The van der Waals surface area contributed by atoms with E-state index in [0.29, 0.717) is 18.0 Å². The second kappa shape index (κ2) is 9.32. The summed E-state index contributed by atoms with van der Waals surface area (Å²) in [6.45, 7) is 3.94. The molecule has 6 rings (SSSR count). The molecule has 3 saturated heterocycles. The van der Waals surface area contributed by atoms with Crippen molar-refractivity contribution in [3.05, 3.63) is 106 Å². The lowest BCUT2D eigenvalue weighted by molar-refractivity contribution is 0.00464. The van der Waals surface area contributed by atoms with Gasteiger partial charge in [0.25, 0.3) is 0 Å². The van der Waals surface area contributed by atoms with Gasteiger partial charge in [-0.3, -0.25) is 4.90 Å². The first kappa shape index (κ1) is 22.2. The summed E-state index contributed by atoms with van der Waals surface area (Å²) in [6.07, 6.45) is 2.21. The zero-order valence-corrected chi connectivity index (χ0v) is 18.8. The average Bonchev–Trinajstić information content (AvgIpc) is 2.87. The van der Waals surface area contributed by atoms with E-state index in [0.717, 1.165) is 32.0 Å². The maximum absolute atomic E-state index is 14.2. The fourth-order valence-corrected chi connectivity index (χ4v) is 5.84. The number of fused-ring (bicyclic) bond motifs is 3. The van der Waals surface area contributed by atoms with Gasteiger partial charge in [-0.1, -0.05) is 60.7 Å². The van der Waals surface area contributed by atoms with Gasteiger partial charge in [-0.05, 0) is 67.1 Å². The van der Waals surface area contributed by atoms with Crippen molar-refractivity contribution >= 4 is 0 Å². The van der Waals surface area contributed by atoms with Crippen LogP contribution in [-0.4, -0.2) is 30.1 Å². The minimum absolute atomic E-state index is 0.161. The standard InChI is InChI=1S/C28H29F3N2/c1-18-22(16-23(29)26(31)25(18)30)17-32-27-21-12-14-33(15-13-21)28(27)24(19-8-4-2-5-9-19)20-10-6-3-7-11-20/h2-11,16,21,24,27-28,32H,12-15,17H2,1H3. The van der Waals surface area contributed by atoms with Crippen LogP contribution in [0.1, 0.15) is 41.0 Å². The van der Waals surface area contributed by atoms with E-state index in [1.54, 1.807) is 0 Å². The molecule has 3 aromatic rings. The maximum atomic E-state index is 14.2. The van der Waals surface area contributed by atoms with Crippen molar-refractivity contribution in [1.82, 2.24) is 10.2 Å². The van der Waals surface area contributed by atoms with Gasteiger partial charge < -0.3 is 5.32 Å². The summed E-state index contributed by atoms with van der Waals surface area (Å²) in [4.78, 5) is 2.57. The maximum Gasteiger partial charge on any atom is 0.194 e. The molecule has 2 nitrogen and oxygen atoms in total. The molecule has 5 heteroatoms. The molecule has 3 fully saturated rings. The first-order chi connectivity index (χ1) is 16.0. The molecule has 0 radical (unpaired) electrons. The number of nitrogens with zero attached hydrogens (tertiary/aromatic N) is 1. The van der Waals surface area contributed by atoms with Crippen molar-refractivity contribution in [3.63, 3.8) is 0 Å². The van der Waals surface area contributed by atoms with Crippen molar-refractivity contribution in [1.29, 1.82) is 0 Å². The average molecular weight is 451 g/mol. The predicted octanol–water partition coefficient (Wildman–Crippen LogP) is 5.80. The molecule has 0 amide bonds. The van der Waals surface area contributed by atoms with Gasteiger partial charge in [-0.15, -0.1) is 0 Å². The molecule has 3 aliphatic rings. The van der Waals surface area contributed by atoms with Crippen LogP contribution in [0.15, 0.2) is 66.7 Å². The third kappa shape index (κ3) is 4.20. The lowest BCUT2D eigenvalue weighted by Gasteiger charge is -2.54. The Morgan fingerprint density at radius 1 is 0.879 bits per heavy atom. The smallest absolute Gasteiger partial charge is 0.194 e. The van der Waals surface area contributed by atoms with E-state index in [-0.39, 0.29) is 23.6 Å². The number of benzene rings is 3. The molecule has 0 aliphatic carbocycles. The highest BCUT2D eigenvalue weighted by molar-refractivity contribution is 5.36. The summed E-state index contributed by atoms with van der Waals surface area (Å²) in [7, 11) is 0. The molecule has 0 saturated carbocycles. The Labute approximate surface area is 193 Å². The quantitative estimate of drug-likeness (QED) is 0.478. The minimum atomic E-state index is -1.40. The van der Waals surface area contributed by atoms with Crippen molar-refractivity contribution in [3.8, 4) is 0 Å². The molecule has 33 heavy (non-hydrogen) atoms. The summed E-state index contributed by atoms with van der Waals surface area (Å²) in [5.74, 6) is -2.96. The Hall–Kier alpha value is -2.63. The summed E-state index contributed by atoms with van der Waals surface area (Å²) in [5.41, 5.74) is 3.17. The number of hydrogen-bond donors (Lipinski definition) is 1. The van der Waals surface area contributed by atoms with E-state index in [4.69, 9.17) is 0 Å². The highest BCUT2D eigenvalue weighted by Crippen LogP contribution is 2.42. The molecule has 1 N–H and O–H groups in total. The lowest BCUT2D eigenvalue weighted by atomic mass is 9.70. The second-order valence-electron chi connectivity index (χ2n) is 9.34. The molecular weight excluding hydrogens is 421 g/mol. The normalized spacial score (nSPS) is 24.4. The zero-order chi connectivity index (χ0) is 22.9. The van der Waals surface area contributed by atoms with Crippen LogP contribution >= 0.6 is 0 Å². The summed E-state index contributed by atoms with van der Waals surface area (Å²) in [5, 5.41) is 3.66. The Kier molecular flexibility index (Phi) is 6.26. The molecule has 3 aliphatic heterocycles. The van der Waals surface area contributed by atoms with Crippen molar-refractivity contribution < 1.29 is 13.2 Å². The van der Waals surface area contributed by atoms with Crippen LogP contribution in [0.3, 0.4) is 0 Å². The van der Waals surface area contributed by atoms with E-state index in [9.17, 15) is 13.2 Å². The third-order valence-corrected chi connectivity index (χ3v) is 7.57. The SMILES string of the molecule is Cc1c(CNC2C3CCN(CC3)C2C(c2ccccc2)c2ccccc2)cc(F)c(F)c1F. The number of halogens is 3. The molecule has 3 aromatic carbocycles. The van der Waals surface area contributed by atoms with Crippen LogP contribution in [0.4, 0.5) is 13.2 Å².